The normalized spacial score (nSPS) is 20.0. The molecular weight excluding hydrogens is 454 g/mol. The summed E-state index contributed by atoms with van der Waals surface area (Å²) < 4.78 is 54.0. The van der Waals surface area contributed by atoms with Crippen molar-refractivity contribution in [2.45, 2.75) is 22.3 Å². The monoisotopic (exact) mass is 473 g/mol. The predicted octanol–water partition coefficient (Wildman–Crippen LogP) is -2.15. The quantitative estimate of drug-likeness (QED) is 0.288. The van der Waals surface area contributed by atoms with Gasteiger partial charge in [0.1, 0.15) is 9.79 Å². The second kappa shape index (κ2) is 7.78. The molecule has 2 saturated heterocycles. The first-order valence-corrected chi connectivity index (χ1v) is 12.3. The molecule has 6 N–H and O–H groups in total. The summed E-state index contributed by atoms with van der Waals surface area (Å²) in [4.78, 5) is 0.522. The molecule has 0 radical (unpaired) electrons. The number of aromatic nitrogens is 4. The first-order chi connectivity index (χ1) is 14.2. The van der Waals surface area contributed by atoms with Crippen LogP contribution >= 0.6 is 12.2 Å². The summed E-state index contributed by atoms with van der Waals surface area (Å²) >= 11 is 5.28. The minimum Gasteiger partial charge on any atom is -0.360 e. The molecule has 2 fully saturated rings. The van der Waals surface area contributed by atoms with Crippen LogP contribution in [0.2, 0.25) is 0 Å². The zero-order valence-electron chi connectivity index (χ0n) is 15.5. The summed E-state index contributed by atoms with van der Waals surface area (Å²) in [7, 11) is -8.75. The Balaban J connectivity index is 1.96. The van der Waals surface area contributed by atoms with E-state index in [0.29, 0.717) is 43.4 Å². The number of tetrazole rings is 1. The van der Waals surface area contributed by atoms with Gasteiger partial charge >= 0.3 is 0 Å². The highest BCUT2D eigenvalue weighted by molar-refractivity contribution is 7.92. The highest BCUT2D eigenvalue weighted by atomic mass is 32.2. The first kappa shape index (κ1) is 21.0. The van der Waals surface area contributed by atoms with Crippen LogP contribution in [0.15, 0.2) is 21.9 Å². The van der Waals surface area contributed by atoms with Gasteiger partial charge in [0.2, 0.25) is 25.9 Å². The summed E-state index contributed by atoms with van der Waals surface area (Å²) in [5, 5.41) is 25.3. The van der Waals surface area contributed by atoms with Gasteiger partial charge in [0.15, 0.2) is 5.11 Å². The Morgan fingerprint density at radius 3 is 2.60 bits per heavy atom. The van der Waals surface area contributed by atoms with Gasteiger partial charge in [-0.15, -0.1) is 10.2 Å². The Bertz CT molecular complexity index is 1180. The van der Waals surface area contributed by atoms with Gasteiger partial charge in [0, 0.05) is 25.7 Å². The number of primary sulfonamides is 1. The Labute approximate surface area is 177 Å². The van der Waals surface area contributed by atoms with Gasteiger partial charge in [-0.3, -0.25) is 0 Å². The number of nitrogens with zero attached hydrogens (tertiary/aromatic N) is 4. The van der Waals surface area contributed by atoms with Crippen molar-refractivity contribution in [2.24, 2.45) is 5.14 Å². The first-order valence-electron chi connectivity index (χ1n) is 8.90. The van der Waals surface area contributed by atoms with Gasteiger partial charge in [-0.1, -0.05) is 0 Å². The maximum Gasteiger partial charge on any atom is 0.242 e. The molecule has 1 unspecified atom stereocenters. The molecule has 1 aromatic heterocycles. The second-order valence-electron chi connectivity index (χ2n) is 6.76. The van der Waals surface area contributed by atoms with Gasteiger partial charge in [-0.05, 0) is 42.5 Å². The van der Waals surface area contributed by atoms with E-state index in [0.717, 1.165) is 0 Å². The van der Waals surface area contributed by atoms with Crippen LogP contribution in [0.3, 0.4) is 0 Å². The number of aromatic amines is 1. The SMILES string of the molecule is NS(=O)(=O)c1c(S(=O)(=O)NC2CCNC2)ccc(N2CCNC2=S)c1-c1nn[nH]n1. The van der Waals surface area contributed by atoms with E-state index in [4.69, 9.17) is 17.4 Å². The summed E-state index contributed by atoms with van der Waals surface area (Å²) in [5.41, 5.74) is 0.210. The molecule has 0 amide bonds. The summed E-state index contributed by atoms with van der Waals surface area (Å²) in [6.07, 6.45) is 0.577. The number of sulfonamides is 2. The Morgan fingerprint density at radius 1 is 1.23 bits per heavy atom. The van der Waals surface area contributed by atoms with E-state index in [-0.39, 0.29) is 17.4 Å². The number of benzene rings is 1. The minimum absolute atomic E-state index is 0.0929. The third kappa shape index (κ3) is 3.88. The lowest BCUT2D eigenvalue weighted by Gasteiger charge is -2.23. The number of hydrogen-bond donors (Lipinski definition) is 5. The average Bonchev–Trinajstić information content (AvgIpc) is 3.42. The molecule has 162 valence electrons. The van der Waals surface area contributed by atoms with Crippen LogP contribution in [-0.2, 0) is 20.0 Å². The molecule has 0 spiro atoms. The van der Waals surface area contributed by atoms with Crippen molar-refractivity contribution < 1.29 is 16.8 Å². The van der Waals surface area contributed by atoms with Crippen LogP contribution in [0.4, 0.5) is 5.69 Å². The van der Waals surface area contributed by atoms with Crippen molar-refractivity contribution >= 4 is 43.1 Å². The van der Waals surface area contributed by atoms with E-state index < -0.39 is 29.8 Å². The number of nitrogens with two attached hydrogens (primary N) is 1. The molecule has 13 nitrogen and oxygen atoms in total. The number of thiocarbonyl (C=S) groups is 1. The zero-order valence-corrected chi connectivity index (χ0v) is 17.9. The summed E-state index contributed by atoms with van der Waals surface area (Å²) in [6, 6.07) is 2.29. The fraction of sp³-hybridized carbons (Fsp3) is 0.429. The van der Waals surface area contributed by atoms with Crippen LogP contribution in [0.1, 0.15) is 6.42 Å². The van der Waals surface area contributed by atoms with Crippen LogP contribution in [0.5, 0.6) is 0 Å². The van der Waals surface area contributed by atoms with Gasteiger partial charge < -0.3 is 15.5 Å². The molecule has 1 atom stereocenters. The van der Waals surface area contributed by atoms with Crippen LogP contribution in [-0.4, -0.2) is 74.8 Å². The number of anilines is 1. The molecule has 16 heteroatoms. The Kier molecular flexibility index (Phi) is 5.45. The van der Waals surface area contributed by atoms with Crippen molar-refractivity contribution in [1.29, 1.82) is 0 Å². The Morgan fingerprint density at radius 2 is 2.03 bits per heavy atom. The number of H-pyrrole nitrogens is 1. The summed E-state index contributed by atoms with van der Waals surface area (Å²) in [5.74, 6) is -0.122. The van der Waals surface area contributed by atoms with Crippen molar-refractivity contribution in [2.75, 3.05) is 31.1 Å². The highest BCUT2D eigenvalue weighted by Gasteiger charge is 2.35. The van der Waals surface area contributed by atoms with Gasteiger partial charge in [-0.25, -0.2) is 26.7 Å². The van der Waals surface area contributed by atoms with Gasteiger partial charge in [0.05, 0.1) is 11.3 Å². The molecule has 3 heterocycles. The summed E-state index contributed by atoms with van der Waals surface area (Å²) in [6.45, 7) is 2.06. The smallest absolute Gasteiger partial charge is 0.242 e. The highest BCUT2D eigenvalue weighted by Crippen LogP contribution is 2.38. The second-order valence-corrected chi connectivity index (χ2v) is 10.3. The van der Waals surface area contributed by atoms with E-state index in [1.807, 2.05) is 0 Å². The van der Waals surface area contributed by atoms with Crippen molar-refractivity contribution in [1.82, 2.24) is 36.0 Å². The molecule has 1 aromatic carbocycles. The van der Waals surface area contributed by atoms with Crippen molar-refractivity contribution in [3.05, 3.63) is 12.1 Å². The van der Waals surface area contributed by atoms with Crippen molar-refractivity contribution in [3.63, 3.8) is 0 Å². The fourth-order valence-corrected chi connectivity index (χ4v) is 6.65. The fourth-order valence-electron chi connectivity index (χ4n) is 3.50. The minimum atomic E-state index is -4.52. The predicted molar refractivity (Wildman–Crippen MR) is 111 cm³/mol. The van der Waals surface area contributed by atoms with E-state index in [9.17, 15) is 16.8 Å². The lowest BCUT2D eigenvalue weighted by Crippen LogP contribution is -2.37. The Hall–Kier alpha value is -2.24. The standard InChI is InChI=1S/C14H19N9O4S3/c15-29(24,25)12-10(30(26,27)20-8-3-4-16-7-8)2-1-9(23-6-5-17-14(23)28)11(12)13-18-21-22-19-13/h1-2,8,16,20H,3-7H2,(H,17,28)(H2,15,24,25)(H,18,19,21,22). The van der Waals surface area contributed by atoms with E-state index >= 15 is 0 Å². The number of nitrogens with one attached hydrogen (secondary N) is 4. The lowest BCUT2D eigenvalue weighted by molar-refractivity contribution is 0.555. The largest absolute Gasteiger partial charge is 0.360 e. The molecule has 2 aliphatic rings. The molecular formula is C14H19N9O4S3. The maximum atomic E-state index is 13.1. The molecule has 2 aromatic rings. The molecule has 30 heavy (non-hydrogen) atoms. The molecule has 2 aliphatic heterocycles. The molecule has 4 rings (SSSR count). The van der Waals surface area contributed by atoms with Crippen LogP contribution in [0, 0.1) is 0 Å². The topological polar surface area (TPSA) is 188 Å². The zero-order chi connectivity index (χ0) is 21.5. The van der Waals surface area contributed by atoms with E-state index in [1.165, 1.54) is 12.1 Å². The average molecular weight is 474 g/mol. The van der Waals surface area contributed by atoms with Crippen LogP contribution < -0.4 is 25.4 Å². The number of rotatable bonds is 6. The maximum absolute atomic E-state index is 13.1. The lowest BCUT2D eigenvalue weighted by atomic mass is 10.1. The van der Waals surface area contributed by atoms with Gasteiger partial charge in [0.25, 0.3) is 0 Å². The molecule has 0 bridgehead atoms. The van der Waals surface area contributed by atoms with E-state index in [1.54, 1.807) is 4.90 Å². The van der Waals surface area contributed by atoms with Crippen LogP contribution in [0.25, 0.3) is 11.4 Å². The van der Waals surface area contributed by atoms with Crippen molar-refractivity contribution in [3.8, 4) is 11.4 Å². The van der Waals surface area contributed by atoms with Gasteiger partial charge in [-0.2, -0.15) is 5.21 Å². The third-order valence-electron chi connectivity index (χ3n) is 4.77. The third-order valence-corrected chi connectivity index (χ3v) is 7.82. The van der Waals surface area contributed by atoms with E-state index in [2.05, 4.69) is 36.0 Å². The molecule has 0 saturated carbocycles. The molecule has 0 aliphatic carbocycles. The number of hydrogen-bond acceptors (Lipinski definition) is 9.